The number of rotatable bonds is 4. The lowest BCUT2D eigenvalue weighted by atomic mass is 9.86. The molecule has 0 aliphatic heterocycles. The highest BCUT2D eigenvalue weighted by Gasteiger charge is 2.21. The van der Waals surface area contributed by atoms with Crippen LogP contribution >= 0.6 is 0 Å². The predicted molar refractivity (Wildman–Crippen MR) is 60.7 cm³/mol. The number of nitrogens with zero attached hydrogens (tertiary/aromatic N) is 2. The third kappa shape index (κ3) is 2.52. The van der Waals surface area contributed by atoms with Crippen LogP contribution < -0.4 is 4.74 Å². The molecule has 16 heavy (non-hydrogen) atoms. The standard InChI is InChI=1S/C13H14N2O/c1-3-10(8-14)13(9-15)11-4-6-12(16-2)7-5-11/h4-7,10,13H,3H2,1-2H3/t10-,13-/m1/s1. The van der Waals surface area contributed by atoms with Gasteiger partial charge < -0.3 is 4.74 Å². The third-order valence-electron chi connectivity index (χ3n) is 2.62. The summed E-state index contributed by atoms with van der Waals surface area (Å²) in [5.41, 5.74) is 0.872. The van der Waals surface area contributed by atoms with E-state index in [1.807, 2.05) is 31.2 Å². The van der Waals surface area contributed by atoms with Crippen LogP contribution in [0.4, 0.5) is 0 Å². The molecule has 0 fully saturated rings. The average Bonchev–Trinajstić information content (AvgIpc) is 2.36. The van der Waals surface area contributed by atoms with Gasteiger partial charge in [0.15, 0.2) is 0 Å². The van der Waals surface area contributed by atoms with Gasteiger partial charge in [0.25, 0.3) is 0 Å². The number of benzene rings is 1. The van der Waals surface area contributed by atoms with Crippen LogP contribution in [0.1, 0.15) is 24.8 Å². The van der Waals surface area contributed by atoms with Gasteiger partial charge in [0, 0.05) is 0 Å². The largest absolute Gasteiger partial charge is 0.497 e. The summed E-state index contributed by atoms with van der Waals surface area (Å²) in [5, 5.41) is 18.1. The van der Waals surface area contributed by atoms with E-state index in [9.17, 15) is 0 Å². The Balaban J connectivity index is 2.97. The summed E-state index contributed by atoms with van der Waals surface area (Å²) in [7, 11) is 1.60. The van der Waals surface area contributed by atoms with Gasteiger partial charge in [-0.3, -0.25) is 0 Å². The molecule has 0 aliphatic rings. The van der Waals surface area contributed by atoms with E-state index >= 15 is 0 Å². The van der Waals surface area contributed by atoms with Crippen molar-refractivity contribution in [1.29, 1.82) is 10.5 Å². The van der Waals surface area contributed by atoms with Gasteiger partial charge in [-0.1, -0.05) is 19.1 Å². The molecule has 0 N–H and O–H groups in total. The van der Waals surface area contributed by atoms with Crippen LogP contribution in [-0.4, -0.2) is 7.11 Å². The molecule has 0 spiro atoms. The molecule has 2 atom stereocenters. The van der Waals surface area contributed by atoms with Crippen LogP contribution in [0.25, 0.3) is 0 Å². The summed E-state index contributed by atoms with van der Waals surface area (Å²) in [5.74, 6) is 0.143. The molecule has 0 unspecified atom stereocenters. The van der Waals surface area contributed by atoms with Gasteiger partial charge in [0.05, 0.1) is 31.1 Å². The van der Waals surface area contributed by atoms with Crippen LogP contribution in [0, 0.1) is 28.6 Å². The lowest BCUT2D eigenvalue weighted by Crippen LogP contribution is -2.08. The Kier molecular flexibility index (Phi) is 4.36. The van der Waals surface area contributed by atoms with Crippen molar-refractivity contribution >= 4 is 0 Å². The molecule has 0 saturated carbocycles. The van der Waals surface area contributed by atoms with Crippen molar-refractivity contribution < 1.29 is 4.74 Å². The first-order chi connectivity index (χ1) is 7.76. The first-order valence-corrected chi connectivity index (χ1v) is 5.20. The van der Waals surface area contributed by atoms with Gasteiger partial charge in [-0.15, -0.1) is 0 Å². The molecule has 3 nitrogen and oxygen atoms in total. The van der Waals surface area contributed by atoms with Crippen LogP contribution in [0.3, 0.4) is 0 Å². The van der Waals surface area contributed by atoms with Gasteiger partial charge in [0.2, 0.25) is 0 Å². The van der Waals surface area contributed by atoms with Gasteiger partial charge >= 0.3 is 0 Å². The Labute approximate surface area is 95.9 Å². The minimum absolute atomic E-state index is 0.251. The first-order valence-electron chi connectivity index (χ1n) is 5.20. The molecule has 0 aromatic heterocycles. The molecule has 1 aromatic rings. The SMILES string of the molecule is CC[C@H](C#N)[C@@H](C#N)c1ccc(OC)cc1. The summed E-state index contributed by atoms with van der Waals surface area (Å²) in [6.45, 7) is 1.92. The summed E-state index contributed by atoms with van der Waals surface area (Å²) in [4.78, 5) is 0. The molecular weight excluding hydrogens is 200 g/mol. The van der Waals surface area contributed by atoms with Gasteiger partial charge in [-0.2, -0.15) is 10.5 Å². The summed E-state index contributed by atoms with van der Waals surface area (Å²) in [6, 6.07) is 11.7. The first kappa shape index (κ1) is 12.1. The fourth-order valence-corrected chi connectivity index (χ4v) is 1.61. The molecule has 0 aliphatic carbocycles. The second kappa shape index (κ2) is 5.78. The zero-order valence-electron chi connectivity index (χ0n) is 9.47. The fourth-order valence-electron chi connectivity index (χ4n) is 1.61. The quantitative estimate of drug-likeness (QED) is 0.774. The van der Waals surface area contributed by atoms with Crippen LogP contribution in [0.15, 0.2) is 24.3 Å². The average molecular weight is 214 g/mol. The van der Waals surface area contributed by atoms with E-state index in [1.54, 1.807) is 7.11 Å². The lowest BCUT2D eigenvalue weighted by Gasteiger charge is -2.13. The number of hydrogen-bond acceptors (Lipinski definition) is 3. The molecule has 1 aromatic carbocycles. The smallest absolute Gasteiger partial charge is 0.118 e. The Morgan fingerprint density at radius 3 is 2.19 bits per heavy atom. The van der Waals surface area contributed by atoms with Crippen molar-refractivity contribution in [3.05, 3.63) is 29.8 Å². The zero-order chi connectivity index (χ0) is 12.0. The van der Waals surface area contributed by atoms with E-state index in [2.05, 4.69) is 12.1 Å². The topological polar surface area (TPSA) is 56.8 Å². The van der Waals surface area contributed by atoms with Crippen molar-refractivity contribution in [1.82, 2.24) is 0 Å². The van der Waals surface area contributed by atoms with Crippen LogP contribution in [-0.2, 0) is 0 Å². The second-order valence-corrected chi connectivity index (χ2v) is 3.52. The Hall–Kier alpha value is -2.00. The Morgan fingerprint density at radius 2 is 1.81 bits per heavy atom. The van der Waals surface area contributed by atoms with Crippen molar-refractivity contribution in [2.45, 2.75) is 19.3 Å². The van der Waals surface area contributed by atoms with Crippen molar-refractivity contribution in [3.8, 4) is 17.9 Å². The minimum Gasteiger partial charge on any atom is -0.497 e. The summed E-state index contributed by atoms with van der Waals surface area (Å²) in [6.07, 6.45) is 0.681. The summed E-state index contributed by atoms with van der Waals surface area (Å²) < 4.78 is 5.05. The number of nitriles is 2. The Bertz CT molecular complexity index is 411. The van der Waals surface area contributed by atoms with E-state index in [1.165, 1.54) is 0 Å². The van der Waals surface area contributed by atoms with E-state index in [-0.39, 0.29) is 11.8 Å². The molecule has 1 rings (SSSR count). The van der Waals surface area contributed by atoms with Gasteiger partial charge in [0.1, 0.15) is 5.75 Å². The highest BCUT2D eigenvalue weighted by molar-refractivity contribution is 5.33. The third-order valence-corrected chi connectivity index (χ3v) is 2.62. The lowest BCUT2D eigenvalue weighted by molar-refractivity contribution is 0.414. The van der Waals surface area contributed by atoms with Crippen LogP contribution in [0.5, 0.6) is 5.75 Å². The van der Waals surface area contributed by atoms with E-state index in [0.717, 1.165) is 11.3 Å². The van der Waals surface area contributed by atoms with Crippen molar-refractivity contribution in [2.75, 3.05) is 7.11 Å². The number of methoxy groups -OCH3 is 1. The molecule has 0 amide bonds. The normalized spacial score (nSPS) is 13.2. The molecular formula is C13H14N2O. The van der Waals surface area contributed by atoms with E-state index < -0.39 is 0 Å². The molecule has 0 bridgehead atoms. The number of hydrogen-bond donors (Lipinski definition) is 0. The fraction of sp³-hybridized carbons (Fsp3) is 0.385. The molecule has 0 heterocycles. The van der Waals surface area contributed by atoms with E-state index in [0.29, 0.717) is 6.42 Å². The molecule has 82 valence electrons. The highest BCUT2D eigenvalue weighted by Crippen LogP contribution is 2.27. The van der Waals surface area contributed by atoms with Crippen molar-refractivity contribution in [3.63, 3.8) is 0 Å². The highest BCUT2D eigenvalue weighted by atomic mass is 16.5. The van der Waals surface area contributed by atoms with Crippen molar-refractivity contribution in [2.24, 2.45) is 5.92 Å². The van der Waals surface area contributed by atoms with E-state index in [4.69, 9.17) is 15.3 Å². The molecule has 0 saturated heterocycles. The maximum absolute atomic E-state index is 9.11. The van der Waals surface area contributed by atoms with Gasteiger partial charge in [-0.05, 0) is 24.1 Å². The molecule has 0 radical (unpaired) electrons. The van der Waals surface area contributed by atoms with Crippen LogP contribution in [0.2, 0.25) is 0 Å². The maximum atomic E-state index is 9.11. The molecule has 3 heteroatoms. The maximum Gasteiger partial charge on any atom is 0.118 e. The minimum atomic E-state index is -0.360. The van der Waals surface area contributed by atoms with Gasteiger partial charge in [-0.25, -0.2) is 0 Å². The predicted octanol–water partition coefficient (Wildman–Crippen LogP) is 2.85. The number of ether oxygens (including phenoxy) is 1. The zero-order valence-corrected chi connectivity index (χ0v) is 9.47. The summed E-state index contributed by atoms with van der Waals surface area (Å²) >= 11 is 0. The monoisotopic (exact) mass is 214 g/mol. The second-order valence-electron chi connectivity index (χ2n) is 3.52. The Morgan fingerprint density at radius 1 is 1.19 bits per heavy atom.